The number of aryl methyl sites for hydroxylation is 2. The lowest BCUT2D eigenvalue weighted by atomic mass is 10.1. The molecule has 0 unspecified atom stereocenters. The molecular weight excluding hydrogens is 330 g/mol. The average Bonchev–Trinajstić information content (AvgIpc) is 3.01. The molecule has 0 N–H and O–H groups in total. The van der Waals surface area contributed by atoms with E-state index in [1.807, 2.05) is 11.4 Å². The fraction of sp³-hybridized carbons (Fsp3) is 0.429. The second kappa shape index (κ2) is 5.43. The predicted octanol–water partition coefficient (Wildman–Crippen LogP) is 3.44. The first kappa shape index (κ1) is 15.1. The van der Waals surface area contributed by atoms with Crippen molar-refractivity contribution in [2.75, 3.05) is 6.54 Å². The summed E-state index contributed by atoms with van der Waals surface area (Å²) in [6, 6.07) is 2.00. The van der Waals surface area contributed by atoms with Crippen LogP contribution in [0.1, 0.15) is 27.5 Å². The molecule has 0 spiro atoms. The molecule has 114 valence electrons. The lowest BCUT2D eigenvalue weighted by Crippen LogP contribution is -2.35. The summed E-state index contributed by atoms with van der Waals surface area (Å²) in [5.41, 5.74) is 1.67. The van der Waals surface area contributed by atoms with Crippen LogP contribution in [0.4, 0.5) is 0 Å². The summed E-state index contributed by atoms with van der Waals surface area (Å²) in [6.07, 6.45) is 0.762. The predicted molar refractivity (Wildman–Crippen MR) is 83.4 cm³/mol. The molecule has 0 saturated carbocycles. The van der Waals surface area contributed by atoms with Gasteiger partial charge in [-0.05, 0) is 37.3 Å². The maximum absolute atomic E-state index is 12.9. The molecule has 1 aliphatic heterocycles. The number of hydrogen-bond acceptors (Lipinski definition) is 4. The first-order valence-corrected chi connectivity index (χ1v) is 9.50. The van der Waals surface area contributed by atoms with Crippen molar-refractivity contribution in [3.8, 4) is 0 Å². The van der Waals surface area contributed by atoms with Gasteiger partial charge in [-0.2, -0.15) is 4.31 Å². The number of thiophene rings is 1. The minimum absolute atomic E-state index is 0.134. The van der Waals surface area contributed by atoms with Crippen molar-refractivity contribution in [3.05, 3.63) is 39.0 Å². The van der Waals surface area contributed by atoms with Gasteiger partial charge in [-0.3, -0.25) is 0 Å². The Balaban J connectivity index is 2.03. The van der Waals surface area contributed by atoms with Gasteiger partial charge in [0.25, 0.3) is 0 Å². The van der Waals surface area contributed by atoms with Gasteiger partial charge in [0.15, 0.2) is 0 Å². The molecule has 0 aliphatic carbocycles. The van der Waals surface area contributed by atoms with Gasteiger partial charge >= 0.3 is 0 Å². The van der Waals surface area contributed by atoms with E-state index in [1.165, 1.54) is 9.18 Å². The molecule has 0 radical (unpaired) electrons. The SMILES string of the molecule is Cc1oc(C)c(S(=O)(=O)N2CCc3sccc3C2)c1CCl. The molecule has 0 atom stereocenters. The van der Waals surface area contributed by atoms with Crippen molar-refractivity contribution >= 4 is 33.0 Å². The molecule has 3 heterocycles. The van der Waals surface area contributed by atoms with E-state index in [4.69, 9.17) is 16.0 Å². The largest absolute Gasteiger partial charge is 0.465 e. The molecule has 4 nitrogen and oxygen atoms in total. The maximum atomic E-state index is 12.9. The molecule has 0 bridgehead atoms. The number of furan rings is 1. The Bertz CT molecular complexity index is 776. The second-order valence-corrected chi connectivity index (χ2v) is 8.26. The Kier molecular flexibility index (Phi) is 3.90. The van der Waals surface area contributed by atoms with Gasteiger partial charge in [0.2, 0.25) is 10.0 Å². The lowest BCUT2D eigenvalue weighted by Gasteiger charge is -2.26. The molecule has 0 saturated heterocycles. The van der Waals surface area contributed by atoms with Crippen LogP contribution in [0.5, 0.6) is 0 Å². The number of rotatable bonds is 3. The summed E-state index contributed by atoms with van der Waals surface area (Å²) in [7, 11) is -3.58. The molecule has 0 aromatic carbocycles. The molecule has 3 rings (SSSR count). The van der Waals surface area contributed by atoms with Gasteiger partial charge in [-0.15, -0.1) is 22.9 Å². The zero-order valence-electron chi connectivity index (χ0n) is 11.8. The molecule has 2 aromatic rings. The summed E-state index contributed by atoms with van der Waals surface area (Å²) >= 11 is 7.61. The van der Waals surface area contributed by atoms with Crippen LogP contribution >= 0.6 is 22.9 Å². The number of fused-ring (bicyclic) bond motifs is 1. The van der Waals surface area contributed by atoms with Gasteiger partial charge in [0.1, 0.15) is 16.4 Å². The Morgan fingerprint density at radius 1 is 1.38 bits per heavy atom. The number of nitrogens with zero attached hydrogens (tertiary/aromatic N) is 1. The van der Waals surface area contributed by atoms with Crippen LogP contribution in [0.25, 0.3) is 0 Å². The molecule has 2 aromatic heterocycles. The van der Waals surface area contributed by atoms with Crippen LogP contribution in [0, 0.1) is 13.8 Å². The number of halogens is 1. The molecule has 21 heavy (non-hydrogen) atoms. The molecule has 1 aliphatic rings. The fourth-order valence-electron chi connectivity index (χ4n) is 2.76. The Morgan fingerprint density at radius 3 is 2.86 bits per heavy atom. The van der Waals surface area contributed by atoms with Crippen molar-refractivity contribution in [2.45, 2.75) is 37.6 Å². The highest BCUT2D eigenvalue weighted by molar-refractivity contribution is 7.89. The Morgan fingerprint density at radius 2 is 2.14 bits per heavy atom. The van der Waals surface area contributed by atoms with Crippen molar-refractivity contribution in [3.63, 3.8) is 0 Å². The van der Waals surface area contributed by atoms with Crippen LogP contribution in [0.2, 0.25) is 0 Å². The summed E-state index contributed by atoms with van der Waals surface area (Å²) in [6.45, 7) is 4.35. The lowest BCUT2D eigenvalue weighted by molar-refractivity contribution is 0.392. The van der Waals surface area contributed by atoms with Crippen LogP contribution in [-0.4, -0.2) is 19.3 Å². The van der Waals surface area contributed by atoms with Gasteiger partial charge in [0.05, 0.1) is 5.88 Å². The normalized spacial score (nSPS) is 16.1. The van der Waals surface area contributed by atoms with E-state index in [2.05, 4.69) is 0 Å². The minimum Gasteiger partial charge on any atom is -0.465 e. The van der Waals surface area contributed by atoms with Crippen molar-refractivity contribution < 1.29 is 12.8 Å². The molecular formula is C14H16ClNO3S2. The Hall–Kier alpha value is -0.820. The second-order valence-electron chi connectivity index (χ2n) is 5.11. The molecule has 7 heteroatoms. The van der Waals surface area contributed by atoms with Crippen LogP contribution in [0.15, 0.2) is 20.8 Å². The third-order valence-electron chi connectivity index (χ3n) is 3.83. The van der Waals surface area contributed by atoms with E-state index < -0.39 is 10.0 Å². The van der Waals surface area contributed by atoms with E-state index in [0.717, 1.165) is 12.0 Å². The number of hydrogen-bond donors (Lipinski definition) is 0. The third-order valence-corrected chi connectivity index (χ3v) is 7.16. The topological polar surface area (TPSA) is 50.5 Å². The quantitative estimate of drug-likeness (QED) is 0.801. The van der Waals surface area contributed by atoms with Crippen LogP contribution in [-0.2, 0) is 28.9 Å². The summed E-state index contributed by atoms with van der Waals surface area (Å²) < 4.78 is 32.9. The van der Waals surface area contributed by atoms with Gasteiger partial charge in [-0.25, -0.2) is 8.42 Å². The van der Waals surface area contributed by atoms with E-state index in [-0.39, 0.29) is 10.8 Å². The van der Waals surface area contributed by atoms with Gasteiger partial charge in [0, 0.05) is 23.5 Å². The van der Waals surface area contributed by atoms with E-state index >= 15 is 0 Å². The van der Waals surface area contributed by atoms with Crippen molar-refractivity contribution in [1.29, 1.82) is 0 Å². The molecule has 0 fully saturated rings. The smallest absolute Gasteiger partial charge is 0.247 e. The van der Waals surface area contributed by atoms with Crippen molar-refractivity contribution in [2.24, 2.45) is 0 Å². The highest BCUT2D eigenvalue weighted by Gasteiger charge is 2.34. The summed E-state index contributed by atoms with van der Waals surface area (Å²) in [5, 5.41) is 2.01. The van der Waals surface area contributed by atoms with E-state index in [0.29, 0.717) is 30.2 Å². The van der Waals surface area contributed by atoms with Gasteiger partial charge in [-0.1, -0.05) is 0 Å². The van der Waals surface area contributed by atoms with E-state index in [1.54, 1.807) is 25.2 Å². The standard InChI is InChI=1S/C14H16ClNO3S2/c1-9-12(7-15)14(10(2)19-9)21(17,18)16-5-3-13-11(8-16)4-6-20-13/h4,6H,3,5,7-8H2,1-2H3. The minimum atomic E-state index is -3.58. The maximum Gasteiger partial charge on any atom is 0.247 e. The molecule has 0 amide bonds. The van der Waals surface area contributed by atoms with Crippen LogP contribution in [0.3, 0.4) is 0 Å². The average molecular weight is 346 g/mol. The van der Waals surface area contributed by atoms with Gasteiger partial charge < -0.3 is 4.42 Å². The fourth-order valence-corrected chi connectivity index (χ4v) is 5.88. The third kappa shape index (κ3) is 2.44. The first-order valence-electron chi connectivity index (χ1n) is 6.65. The summed E-state index contributed by atoms with van der Waals surface area (Å²) in [4.78, 5) is 1.52. The van der Waals surface area contributed by atoms with Crippen LogP contribution < -0.4 is 0 Å². The Labute approximate surface area is 133 Å². The highest BCUT2D eigenvalue weighted by Crippen LogP contribution is 2.33. The zero-order valence-corrected chi connectivity index (χ0v) is 14.2. The first-order chi connectivity index (χ1) is 9.95. The number of sulfonamides is 1. The van der Waals surface area contributed by atoms with E-state index in [9.17, 15) is 8.42 Å². The zero-order chi connectivity index (χ0) is 15.2. The highest BCUT2D eigenvalue weighted by atomic mass is 35.5. The monoisotopic (exact) mass is 345 g/mol. The number of alkyl halides is 1. The van der Waals surface area contributed by atoms with Crippen molar-refractivity contribution in [1.82, 2.24) is 4.31 Å². The summed E-state index contributed by atoms with van der Waals surface area (Å²) in [5.74, 6) is 1.13.